The molecule has 0 aliphatic heterocycles. The number of halogens is 1. The number of benzene rings is 1. The van der Waals surface area contributed by atoms with Crippen LogP contribution in [0, 0.1) is 6.92 Å². The predicted molar refractivity (Wildman–Crippen MR) is 88.1 cm³/mol. The molecule has 0 saturated carbocycles. The van der Waals surface area contributed by atoms with Crippen LogP contribution in [0.3, 0.4) is 0 Å². The monoisotopic (exact) mass is 364 g/mol. The molecule has 2 heterocycles. The fourth-order valence-corrected chi connectivity index (χ4v) is 2.81. The molecule has 0 aliphatic carbocycles. The molecule has 5 nitrogen and oxygen atoms in total. The standard InChI is InChI=1S/C14H13BrN4OS/c1-8-3-5-10(6-4-8)11-7-21-14-17-13(18-19(11)14)16-12(20)9(2)15/h3-7,9H,1-2H3,(H,16,18,20). The number of fused-ring (bicyclic) bond motifs is 1. The number of hydrogen-bond donors (Lipinski definition) is 1. The first-order chi connectivity index (χ1) is 10.0. The van der Waals surface area contributed by atoms with Crippen molar-refractivity contribution >= 4 is 44.1 Å². The third kappa shape index (κ3) is 2.84. The van der Waals surface area contributed by atoms with E-state index in [9.17, 15) is 4.79 Å². The smallest absolute Gasteiger partial charge is 0.250 e. The number of carbonyl (C=O) groups excluding carboxylic acids is 1. The maximum Gasteiger partial charge on any atom is 0.250 e. The molecule has 1 aromatic carbocycles. The van der Waals surface area contributed by atoms with E-state index in [4.69, 9.17) is 0 Å². The summed E-state index contributed by atoms with van der Waals surface area (Å²) in [6.45, 7) is 3.81. The van der Waals surface area contributed by atoms with E-state index < -0.39 is 0 Å². The zero-order chi connectivity index (χ0) is 15.0. The zero-order valence-electron chi connectivity index (χ0n) is 11.5. The summed E-state index contributed by atoms with van der Waals surface area (Å²) in [4.78, 5) is 16.4. The zero-order valence-corrected chi connectivity index (χ0v) is 13.9. The molecule has 2 aromatic heterocycles. The molecule has 7 heteroatoms. The Balaban J connectivity index is 1.96. The highest BCUT2D eigenvalue weighted by Crippen LogP contribution is 2.26. The van der Waals surface area contributed by atoms with Gasteiger partial charge in [0.2, 0.25) is 16.8 Å². The van der Waals surface area contributed by atoms with Gasteiger partial charge in [-0.3, -0.25) is 10.1 Å². The number of rotatable bonds is 3. The molecule has 0 aliphatic rings. The van der Waals surface area contributed by atoms with Gasteiger partial charge in [0.1, 0.15) is 0 Å². The molecule has 3 rings (SSSR count). The molecule has 0 radical (unpaired) electrons. The fourth-order valence-electron chi connectivity index (χ4n) is 1.87. The lowest BCUT2D eigenvalue weighted by atomic mass is 10.1. The van der Waals surface area contributed by atoms with E-state index in [0.29, 0.717) is 5.95 Å². The number of aryl methyl sites for hydroxylation is 1. The van der Waals surface area contributed by atoms with Crippen LogP contribution in [-0.2, 0) is 4.79 Å². The Kier molecular flexibility index (Phi) is 3.77. The van der Waals surface area contributed by atoms with Gasteiger partial charge in [0.25, 0.3) is 0 Å². The minimum Gasteiger partial charge on any atom is -0.292 e. The van der Waals surface area contributed by atoms with Crippen LogP contribution < -0.4 is 5.32 Å². The van der Waals surface area contributed by atoms with Crippen molar-refractivity contribution in [3.63, 3.8) is 0 Å². The molecule has 0 fully saturated rings. The Labute approximate surface area is 134 Å². The number of hydrogen-bond acceptors (Lipinski definition) is 4. The van der Waals surface area contributed by atoms with Gasteiger partial charge in [0.15, 0.2) is 0 Å². The molecule has 108 valence electrons. The Morgan fingerprint density at radius 2 is 2.10 bits per heavy atom. The van der Waals surface area contributed by atoms with Crippen molar-refractivity contribution in [2.24, 2.45) is 0 Å². The number of nitrogens with one attached hydrogen (secondary N) is 1. The molecule has 3 aromatic rings. The van der Waals surface area contributed by atoms with Crippen LogP contribution in [0.15, 0.2) is 29.6 Å². The Bertz CT molecular complexity index is 791. The molecule has 0 spiro atoms. The van der Waals surface area contributed by atoms with Gasteiger partial charge in [-0.1, -0.05) is 45.8 Å². The van der Waals surface area contributed by atoms with E-state index in [1.807, 2.05) is 5.38 Å². The van der Waals surface area contributed by atoms with Crippen molar-refractivity contribution < 1.29 is 4.79 Å². The third-order valence-electron chi connectivity index (χ3n) is 3.03. The van der Waals surface area contributed by atoms with Crippen molar-refractivity contribution in [2.45, 2.75) is 18.7 Å². The Morgan fingerprint density at radius 3 is 2.76 bits per heavy atom. The SMILES string of the molecule is Cc1ccc(-c2csc3nc(NC(=O)C(C)Br)nn23)cc1. The second-order valence-corrected chi connectivity index (χ2v) is 6.93. The van der Waals surface area contributed by atoms with Crippen LogP contribution in [0.4, 0.5) is 5.95 Å². The minimum absolute atomic E-state index is 0.162. The van der Waals surface area contributed by atoms with Gasteiger partial charge in [-0.05, 0) is 13.8 Å². The molecule has 0 saturated heterocycles. The number of nitrogens with zero attached hydrogens (tertiary/aromatic N) is 3. The van der Waals surface area contributed by atoms with E-state index in [-0.39, 0.29) is 10.7 Å². The average molecular weight is 365 g/mol. The van der Waals surface area contributed by atoms with Crippen LogP contribution in [-0.4, -0.2) is 25.3 Å². The van der Waals surface area contributed by atoms with Crippen LogP contribution >= 0.6 is 27.3 Å². The van der Waals surface area contributed by atoms with Crippen LogP contribution in [0.5, 0.6) is 0 Å². The second-order valence-electron chi connectivity index (χ2n) is 4.72. The lowest BCUT2D eigenvalue weighted by molar-refractivity contribution is -0.115. The number of amides is 1. The maximum absolute atomic E-state index is 11.7. The number of alkyl halides is 1. The summed E-state index contributed by atoms with van der Waals surface area (Å²) in [5.41, 5.74) is 3.25. The van der Waals surface area contributed by atoms with Crippen molar-refractivity contribution in [3.05, 3.63) is 35.2 Å². The van der Waals surface area contributed by atoms with Gasteiger partial charge in [0.05, 0.1) is 10.5 Å². The second kappa shape index (κ2) is 5.57. The lowest BCUT2D eigenvalue weighted by Gasteiger charge is -2.01. The van der Waals surface area contributed by atoms with E-state index >= 15 is 0 Å². The Hall–Kier alpha value is -1.73. The molecule has 21 heavy (non-hydrogen) atoms. The first kappa shape index (κ1) is 14.2. The highest BCUT2D eigenvalue weighted by molar-refractivity contribution is 9.10. The molecule has 1 amide bonds. The third-order valence-corrected chi connectivity index (χ3v) is 4.26. The molecular formula is C14H13BrN4OS. The maximum atomic E-state index is 11.7. The first-order valence-electron chi connectivity index (χ1n) is 6.41. The summed E-state index contributed by atoms with van der Waals surface area (Å²) in [5.74, 6) is 0.164. The minimum atomic E-state index is -0.282. The predicted octanol–water partition coefficient (Wildman–Crippen LogP) is 3.49. The quantitative estimate of drug-likeness (QED) is 0.723. The average Bonchev–Trinajstić information content (AvgIpc) is 2.99. The van der Waals surface area contributed by atoms with Gasteiger partial charge in [-0.25, -0.2) is 4.52 Å². The van der Waals surface area contributed by atoms with Crippen LogP contribution in [0.2, 0.25) is 0 Å². The summed E-state index contributed by atoms with van der Waals surface area (Å²) in [6, 6.07) is 8.23. The van der Waals surface area contributed by atoms with Gasteiger partial charge in [-0.15, -0.1) is 16.4 Å². The summed E-state index contributed by atoms with van der Waals surface area (Å²) >= 11 is 4.71. The van der Waals surface area contributed by atoms with Crippen molar-refractivity contribution in [1.29, 1.82) is 0 Å². The highest BCUT2D eigenvalue weighted by Gasteiger charge is 2.15. The molecule has 1 atom stereocenters. The van der Waals surface area contributed by atoms with Gasteiger partial charge in [0, 0.05) is 10.9 Å². The molecular weight excluding hydrogens is 352 g/mol. The van der Waals surface area contributed by atoms with Gasteiger partial charge >= 0.3 is 0 Å². The molecule has 1 N–H and O–H groups in total. The topological polar surface area (TPSA) is 59.3 Å². The summed E-state index contributed by atoms with van der Waals surface area (Å²) in [6.07, 6.45) is 0. The van der Waals surface area contributed by atoms with E-state index in [0.717, 1.165) is 16.2 Å². The van der Waals surface area contributed by atoms with Crippen LogP contribution in [0.1, 0.15) is 12.5 Å². The Morgan fingerprint density at radius 1 is 1.38 bits per heavy atom. The summed E-state index contributed by atoms with van der Waals surface area (Å²) in [5, 5.41) is 9.05. The normalized spacial score (nSPS) is 12.5. The molecule has 1 unspecified atom stereocenters. The number of anilines is 1. The number of aromatic nitrogens is 3. The van der Waals surface area contributed by atoms with Crippen molar-refractivity contribution in [2.75, 3.05) is 5.32 Å². The fraction of sp³-hybridized carbons (Fsp3) is 0.214. The van der Waals surface area contributed by atoms with Crippen LogP contribution in [0.25, 0.3) is 16.2 Å². The van der Waals surface area contributed by atoms with Crippen molar-refractivity contribution in [1.82, 2.24) is 14.6 Å². The largest absolute Gasteiger partial charge is 0.292 e. The number of thiazole rings is 1. The van der Waals surface area contributed by atoms with Gasteiger partial charge < -0.3 is 0 Å². The summed E-state index contributed by atoms with van der Waals surface area (Å²) < 4.78 is 1.75. The van der Waals surface area contributed by atoms with E-state index in [2.05, 4.69) is 62.5 Å². The highest BCUT2D eigenvalue weighted by atomic mass is 79.9. The van der Waals surface area contributed by atoms with E-state index in [1.54, 1.807) is 11.4 Å². The number of carbonyl (C=O) groups is 1. The van der Waals surface area contributed by atoms with E-state index in [1.165, 1.54) is 16.9 Å². The lowest BCUT2D eigenvalue weighted by Crippen LogP contribution is -2.20. The van der Waals surface area contributed by atoms with Gasteiger partial charge in [-0.2, -0.15) is 4.98 Å². The van der Waals surface area contributed by atoms with Crippen molar-refractivity contribution in [3.8, 4) is 11.3 Å². The summed E-state index contributed by atoms with van der Waals surface area (Å²) in [7, 11) is 0. The first-order valence-corrected chi connectivity index (χ1v) is 8.20. The molecule has 0 bridgehead atoms.